The Morgan fingerprint density at radius 2 is 2.04 bits per heavy atom. The fourth-order valence-electron chi connectivity index (χ4n) is 2.69. The molecule has 2 heterocycles. The highest BCUT2D eigenvalue weighted by Crippen LogP contribution is 2.22. The summed E-state index contributed by atoms with van der Waals surface area (Å²) in [5.41, 5.74) is 1.07. The van der Waals surface area contributed by atoms with Crippen LogP contribution in [0.25, 0.3) is 0 Å². The molecular formula is C16H18ClN3O2S. The van der Waals surface area contributed by atoms with Crippen molar-refractivity contribution >= 4 is 28.8 Å². The molecular weight excluding hydrogens is 334 g/mol. The lowest BCUT2D eigenvalue weighted by Crippen LogP contribution is -2.40. The molecule has 1 aliphatic rings. The number of amides is 1. The van der Waals surface area contributed by atoms with Gasteiger partial charge >= 0.3 is 6.01 Å². The Kier molecular flexibility index (Phi) is 5.46. The van der Waals surface area contributed by atoms with Crippen molar-refractivity contribution in [1.29, 1.82) is 0 Å². The average molecular weight is 352 g/mol. The molecule has 1 aliphatic carbocycles. The molecule has 2 aromatic rings. The fourth-order valence-corrected chi connectivity index (χ4v) is 3.46. The molecule has 5 nitrogen and oxygen atoms in total. The summed E-state index contributed by atoms with van der Waals surface area (Å²) < 4.78 is 5.76. The van der Waals surface area contributed by atoms with Crippen LogP contribution < -0.4 is 10.1 Å². The number of nitrogens with zero attached hydrogens (tertiary/aromatic N) is 2. The third-order valence-corrected chi connectivity index (χ3v) is 4.78. The molecule has 23 heavy (non-hydrogen) atoms. The molecule has 1 saturated carbocycles. The lowest BCUT2D eigenvalue weighted by atomic mass is 9.93. The van der Waals surface area contributed by atoms with Crippen LogP contribution in [0.5, 0.6) is 6.01 Å². The highest BCUT2D eigenvalue weighted by atomic mass is 35.5. The van der Waals surface area contributed by atoms with Crippen LogP contribution in [-0.4, -0.2) is 28.0 Å². The zero-order valence-electron chi connectivity index (χ0n) is 12.6. The van der Waals surface area contributed by atoms with E-state index in [4.69, 9.17) is 16.3 Å². The summed E-state index contributed by atoms with van der Waals surface area (Å²) in [6.07, 6.45) is 7.20. The quantitative estimate of drug-likeness (QED) is 0.898. The first-order valence-electron chi connectivity index (χ1n) is 7.63. The number of hydrogen-bond donors (Lipinski definition) is 1. The van der Waals surface area contributed by atoms with Gasteiger partial charge in [0.15, 0.2) is 0 Å². The highest BCUT2D eigenvalue weighted by Gasteiger charge is 2.24. The minimum Gasteiger partial charge on any atom is -0.460 e. The summed E-state index contributed by atoms with van der Waals surface area (Å²) >= 11 is 7.37. The predicted molar refractivity (Wildman–Crippen MR) is 89.9 cm³/mol. The maximum Gasteiger partial charge on any atom is 0.316 e. The van der Waals surface area contributed by atoms with Gasteiger partial charge in [0.2, 0.25) is 5.91 Å². The van der Waals surface area contributed by atoms with Crippen LogP contribution in [0.4, 0.5) is 0 Å². The first-order valence-corrected chi connectivity index (χ1v) is 8.96. The van der Waals surface area contributed by atoms with Gasteiger partial charge in [0, 0.05) is 6.04 Å². The Bertz CT molecular complexity index is 625. The van der Waals surface area contributed by atoms with Gasteiger partial charge in [-0.05, 0) is 48.1 Å². The molecule has 0 radical (unpaired) electrons. The number of rotatable bonds is 5. The fraction of sp³-hybridized carbons (Fsp3) is 0.438. The van der Waals surface area contributed by atoms with E-state index in [9.17, 15) is 4.79 Å². The molecule has 0 bridgehead atoms. The summed E-state index contributed by atoms with van der Waals surface area (Å²) in [5.74, 6) is 0.0915. The number of nitrogens with one attached hydrogen (secondary N) is 1. The largest absolute Gasteiger partial charge is 0.460 e. The molecule has 7 heteroatoms. The number of halogens is 1. The smallest absolute Gasteiger partial charge is 0.316 e. The Morgan fingerprint density at radius 3 is 2.70 bits per heavy atom. The van der Waals surface area contributed by atoms with Crippen molar-refractivity contribution < 1.29 is 9.53 Å². The minimum atomic E-state index is 0.0915. The van der Waals surface area contributed by atoms with Crippen molar-refractivity contribution in [2.24, 2.45) is 0 Å². The van der Waals surface area contributed by atoms with E-state index in [1.54, 1.807) is 11.3 Å². The van der Waals surface area contributed by atoms with Crippen molar-refractivity contribution in [3.63, 3.8) is 0 Å². The van der Waals surface area contributed by atoms with Crippen molar-refractivity contribution in [1.82, 2.24) is 15.3 Å². The van der Waals surface area contributed by atoms with Crippen LogP contribution >= 0.6 is 22.9 Å². The standard InChI is InChI=1S/C16H18ClN3O2S/c17-12-8-18-16(19-9-12)22-14-3-1-13(2-4-14)20-15(21)7-11-5-6-23-10-11/h5-6,8-10,13-14H,1-4,7H2,(H,20,21). The first-order chi connectivity index (χ1) is 11.2. The van der Waals surface area contributed by atoms with Crippen molar-refractivity contribution in [2.45, 2.75) is 44.2 Å². The molecule has 0 spiro atoms. The van der Waals surface area contributed by atoms with E-state index in [0.29, 0.717) is 17.5 Å². The van der Waals surface area contributed by atoms with Gasteiger partial charge < -0.3 is 10.1 Å². The molecule has 0 saturated heterocycles. The van der Waals surface area contributed by atoms with Gasteiger partial charge in [-0.3, -0.25) is 4.79 Å². The van der Waals surface area contributed by atoms with E-state index < -0.39 is 0 Å². The summed E-state index contributed by atoms with van der Waals surface area (Å²) in [4.78, 5) is 20.1. The SMILES string of the molecule is O=C(Cc1ccsc1)NC1CCC(Oc2ncc(Cl)cn2)CC1. The van der Waals surface area contributed by atoms with Gasteiger partial charge in [0.1, 0.15) is 6.10 Å². The summed E-state index contributed by atoms with van der Waals surface area (Å²) in [7, 11) is 0. The molecule has 2 aromatic heterocycles. The molecule has 1 fully saturated rings. The molecule has 122 valence electrons. The van der Waals surface area contributed by atoms with Crippen LogP contribution in [0.1, 0.15) is 31.2 Å². The number of aromatic nitrogens is 2. The maximum absolute atomic E-state index is 12.0. The number of carbonyl (C=O) groups excluding carboxylic acids is 1. The van der Waals surface area contributed by atoms with Crippen LogP contribution in [0.15, 0.2) is 29.2 Å². The van der Waals surface area contributed by atoms with Gasteiger partial charge in [-0.15, -0.1) is 0 Å². The summed E-state index contributed by atoms with van der Waals surface area (Å²) in [5, 5.41) is 7.61. The molecule has 0 aliphatic heterocycles. The second-order valence-electron chi connectivity index (χ2n) is 5.65. The van der Waals surface area contributed by atoms with E-state index in [2.05, 4.69) is 15.3 Å². The number of carbonyl (C=O) groups is 1. The van der Waals surface area contributed by atoms with Crippen molar-refractivity contribution in [2.75, 3.05) is 0 Å². The lowest BCUT2D eigenvalue weighted by Gasteiger charge is -2.28. The van der Waals surface area contributed by atoms with E-state index in [-0.39, 0.29) is 18.1 Å². The molecule has 0 atom stereocenters. The van der Waals surface area contributed by atoms with Crippen molar-refractivity contribution in [3.8, 4) is 6.01 Å². The number of hydrogen-bond acceptors (Lipinski definition) is 5. The summed E-state index contributed by atoms with van der Waals surface area (Å²) in [6, 6.07) is 2.58. The normalized spacial score (nSPS) is 20.9. The van der Waals surface area contributed by atoms with E-state index in [1.807, 2.05) is 16.8 Å². The van der Waals surface area contributed by atoms with Gasteiger partial charge in [-0.25, -0.2) is 9.97 Å². The van der Waals surface area contributed by atoms with Gasteiger partial charge in [0.05, 0.1) is 23.8 Å². The highest BCUT2D eigenvalue weighted by molar-refractivity contribution is 7.08. The zero-order chi connectivity index (χ0) is 16.1. The van der Waals surface area contributed by atoms with Gasteiger partial charge in [-0.1, -0.05) is 11.6 Å². The summed E-state index contributed by atoms with van der Waals surface area (Å²) in [6.45, 7) is 0. The maximum atomic E-state index is 12.0. The number of thiophene rings is 1. The topological polar surface area (TPSA) is 64.1 Å². The van der Waals surface area contributed by atoms with Crippen LogP contribution in [0, 0.1) is 0 Å². The molecule has 0 aromatic carbocycles. The van der Waals surface area contributed by atoms with E-state index >= 15 is 0 Å². The Hall–Kier alpha value is -1.66. The first kappa shape index (κ1) is 16.2. The Balaban J connectivity index is 1.41. The lowest BCUT2D eigenvalue weighted by molar-refractivity contribution is -0.121. The predicted octanol–water partition coefficient (Wildman–Crippen LogP) is 3.24. The molecule has 0 unspecified atom stereocenters. The molecule has 1 amide bonds. The van der Waals surface area contributed by atoms with Crippen LogP contribution in [0.2, 0.25) is 5.02 Å². The monoisotopic (exact) mass is 351 g/mol. The minimum absolute atomic E-state index is 0.0915. The van der Waals surface area contributed by atoms with Crippen molar-refractivity contribution in [3.05, 3.63) is 39.8 Å². The Labute approximate surface area is 144 Å². The van der Waals surface area contributed by atoms with Crippen LogP contribution in [-0.2, 0) is 11.2 Å². The second kappa shape index (κ2) is 7.75. The van der Waals surface area contributed by atoms with Gasteiger partial charge in [0.25, 0.3) is 0 Å². The molecule has 3 rings (SSSR count). The third-order valence-electron chi connectivity index (χ3n) is 3.85. The second-order valence-corrected chi connectivity index (χ2v) is 6.87. The van der Waals surface area contributed by atoms with E-state index in [0.717, 1.165) is 31.2 Å². The Morgan fingerprint density at radius 1 is 1.30 bits per heavy atom. The number of ether oxygens (including phenoxy) is 1. The van der Waals surface area contributed by atoms with Gasteiger partial charge in [-0.2, -0.15) is 11.3 Å². The van der Waals surface area contributed by atoms with E-state index in [1.165, 1.54) is 12.4 Å². The third kappa shape index (κ3) is 4.91. The average Bonchev–Trinajstić information content (AvgIpc) is 3.04. The zero-order valence-corrected chi connectivity index (χ0v) is 14.1. The van der Waals surface area contributed by atoms with Crippen LogP contribution in [0.3, 0.4) is 0 Å². The molecule has 1 N–H and O–H groups in total.